The zero-order valence-corrected chi connectivity index (χ0v) is 10.8. The number of hydrogen-bond acceptors (Lipinski definition) is 6. The van der Waals surface area contributed by atoms with E-state index in [0.717, 1.165) is 17.1 Å². The molecule has 0 atom stereocenters. The molecule has 6 heteroatoms. The van der Waals surface area contributed by atoms with E-state index in [-0.39, 0.29) is 0 Å². The number of carbonyl (C=O) groups excluding carboxylic acids is 1. The van der Waals surface area contributed by atoms with Crippen LogP contribution in [0.15, 0.2) is 28.8 Å². The maximum Gasteiger partial charge on any atom is 0.340 e. The lowest BCUT2D eigenvalue weighted by Crippen LogP contribution is -2.07. The zero-order valence-electron chi connectivity index (χ0n) is 10.8. The zero-order chi connectivity index (χ0) is 13.8. The number of aryl methyl sites for hydroxylation is 1. The number of hydrogen-bond donors (Lipinski definition) is 2. The Kier molecular flexibility index (Phi) is 3.70. The highest BCUT2D eigenvalue weighted by Crippen LogP contribution is 2.19. The third kappa shape index (κ3) is 3.04. The predicted octanol–water partition coefficient (Wildman–Crippen LogP) is 1.96. The summed E-state index contributed by atoms with van der Waals surface area (Å²) in [6, 6.07) is 6.93. The van der Waals surface area contributed by atoms with Crippen LogP contribution in [-0.2, 0) is 11.3 Å². The molecule has 100 valence electrons. The van der Waals surface area contributed by atoms with Crippen molar-refractivity contribution in [2.75, 3.05) is 18.2 Å². The lowest BCUT2D eigenvalue weighted by Gasteiger charge is -2.08. The van der Waals surface area contributed by atoms with Gasteiger partial charge in [-0.05, 0) is 25.1 Å². The number of esters is 1. The van der Waals surface area contributed by atoms with Crippen molar-refractivity contribution >= 4 is 17.3 Å². The summed E-state index contributed by atoms with van der Waals surface area (Å²) in [6.07, 6.45) is 0. The first-order valence-corrected chi connectivity index (χ1v) is 5.74. The summed E-state index contributed by atoms with van der Waals surface area (Å²) in [5.41, 5.74) is 7.99. The number of carbonyl (C=O) groups is 1. The minimum Gasteiger partial charge on any atom is -0.465 e. The van der Waals surface area contributed by atoms with Crippen LogP contribution in [0.25, 0.3) is 0 Å². The molecule has 0 spiro atoms. The van der Waals surface area contributed by atoms with Crippen LogP contribution >= 0.6 is 0 Å². The molecule has 0 amide bonds. The fraction of sp³-hybridized carbons (Fsp3) is 0.231. The van der Waals surface area contributed by atoms with E-state index >= 15 is 0 Å². The topological polar surface area (TPSA) is 90.4 Å². The van der Waals surface area contributed by atoms with Crippen LogP contribution in [0.1, 0.15) is 21.8 Å². The average molecular weight is 261 g/mol. The van der Waals surface area contributed by atoms with Crippen molar-refractivity contribution in [1.82, 2.24) is 5.16 Å². The van der Waals surface area contributed by atoms with Gasteiger partial charge in [0.2, 0.25) is 0 Å². The van der Waals surface area contributed by atoms with Crippen LogP contribution in [-0.4, -0.2) is 18.2 Å². The molecule has 1 aromatic carbocycles. The summed E-state index contributed by atoms with van der Waals surface area (Å²) in [7, 11) is 1.32. The summed E-state index contributed by atoms with van der Waals surface area (Å²) in [5, 5.41) is 7.00. The van der Waals surface area contributed by atoms with Crippen LogP contribution < -0.4 is 11.1 Å². The second kappa shape index (κ2) is 5.43. The lowest BCUT2D eigenvalue weighted by molar-refractivity contribution is 0.0602. The van der Waals surface area contributed by atoms with Gasteiger partial charge >= 0.3 is 5.97 Å². The Morgan fingerprint density at radius 1 is 1.47 bits per heavy atom. The molecule has 0 fully saturated rings. The van der Waals surface area contributed by atoms with Crippen molar-refractivity contribution in [3.8, 4) is 0 Å². The summed E-state index contributed by atoms with van der Waals surface area (Å²) in [6.45, 7) is 2.33. The van der Waals surface area contributed by atoms with Gasteiger partial charge in [-0.25, -0.2) is 4.79 Å². The Hall–Kier alpha value is -2.50. The predicted molar refractivity (Wildman–Crippen MR) is 70.8 cm³/mol. The van der Waals surface area contributed by atoms with E-state index in [2.05, 4.69) is 15.2 Å². The summed E-state index contributed by atoms with van der Waals surface area (Å²) < 4.78 is 9.63. The first-order chi connectivity index (χ1) is 9.10. The first kappa shape index (κ1) is 12.9. The monoisotopic (exact) mass is 261 g/mol. The normalized spacial score (nSPS) is 10.2. The number of nitrogens with two attached hydrogens (primary N) is 1. The SMILES string of the molecule is COC(=O)c1cc(NCc2cc(C)on2)ccc1N. The molecular weight excluding hydrogens is 246 g/mol. The standard InChI is InChI=1S/C13H15N3O3/c1-8-5-10(16-19-8)7-15-9-3-4-12(14)11(6-9)13(17)18-2/h3-6,15H,7,14H2,1-2H3. The number of aromatic nitrogens is 1. The molecule has 0 aliphatic carbocycles. The fourth-order valence-corrected chi connectivity index (χ4v) is 1.65. The van der Waals surface area contributed by atoms with Crippen LogP contribution in [0.2, 0.25) is 0 Å². The Bertz CT molecular complexity index is 593. The lowest BCUT2D eigenvalue weighted by atomic mass is 10.1. The molecule has 19 heavy (non-hydrogen) atoms. The number of rotatable bonds is 4. The highest BCUT2D eigenvalue weighted by molar-refractivity contribution is 5.96. The van der Waals surface area contributed by atoms with Gasteiger partial charge in [0, 0.05) is 17.4 Å². The van der Waals surface area contributed by atoms with E-state index in [9.17, 15) is 4.79 Å². The fourth-order valence-electron chi connectivity index (χ4n) is 1.65. The third-order valence-corrected chi connectivity index (χ3v) is 2.61. The molecule has 0 radical (unpaired) electrons. The maximum atomic E-state index is 11.5. The van der Waals surface area contributed by atoms with E-state index in [1.54, 1.807) is 18.2 Å². The molecule has 0 saturated carbocycles. The van der Waals surface area contributed by atoms with Gasteiger partial charge in [-0.1, -0.05) is 5.16 Å². The first-order valence-electron chi connectivity index (χ1n) is 5.74. The van der Waals surface area contributed by atoms with Crippen LogP contribution in [0.5, 0.6) is 0 Å². The van der Waals surface area contributed by atoms with Gasteiger partial charge in [-0.15, -0.1) is 0 Å². The smallest absolute Gasteiger partial charge is 0.340 e. The largest absolute Gasteiger partial charge is 0.465 e. The van der Waals surface area contributed by atoms with Crippen LogP contribution in [0, 0.1) is 6.92 Å². The molecule has 0 aliphatic heterocycles. The number of anilines is 2. The van der Waals surface area contributed by atoms with Crippen molar-refractivity contribution < 1.29 is 14.1 Å². The third-order valence-electron chi connectivity index (χ3n) is 2.61. The molecule has 1 aromatic heterocycles. The Morgan fingerprint density at radius 2 is 2.26 bits per heavy atom. The molecule has 1 heterocycles. The number of benzene rings is 1. The number of nitrogen functional groups attached to an aromatic ring is 1. The highest BCUT2D eigenvalue weighted by Gasteiger charge is 2.10. The molecular formula is C13H15N3O3. The van der Waals surface area contributed by atoms with Gasteiger partial charge in [0.15, 0.2) is 0 Å². The number of ether oxygens (including phenoxy) is 1. The molecule has 0 saturated heterocycles. The average Bonchev–Trinajstić information content (AvgIpc) is 2.83. The second-order valence-corrected chi connectivity index (χ2v) is 4.08. The van der Waals surface area contributed by atoms with Crippen molar-refractivity contribution in [2.45, 2.75) is 13.5 Å². The van der Waals surface area contributed by atoms with Crippen LogP contribution in [0.3, 0.4) is 0 Å². The van der Waals surface area contributed by atoms with E-state index < -0.39 is 5.97 Å². The van der Waals surface area contributed by atoms with Crippen molar-refractivity contribution in [2.24, 2.45) is 0 Å². The van der Waals surface area contributed by atoms with Gasteiger partial charge in [0.1, 0.15) is 11.5 Å². The van der Waals surface area contributed by atoms with Crippen molar-refractivity contribution in [3.05, 3.63) is 41.3 Å². The van der Waals surface area contributed by atoms with Gasteiger partial charge in [0.05, 0.1) is 19.2 Å². The molecule has 0 aliphatic rings. The van der Waals surface area contributed by atoms with E-state index in [4.69, 9.17) is 10.3 Å². The van der Waals surface area contributed by atoms with Gasteiger partial charge in [-0.3, -0.25) is 0 Å². The minimum atomic E-state index is -0.460. The maximum absolute atomic E-state index is 11.5. The number of methoxy groups -OCH3 is 1. The highest BCUT2D eigenvalue weighted by atomic mass is 16.5. The molecule has 6 nitrogen and oxygen atoms in total. The van der Waals surface area contributed by atoms with Crippen molar-refractivity contribution in [1.29, 1.82) is 0 Å². The quantitative estimate of drug-likeness (QED) is 0.646. The van der Waals surface area contributed by atoms with Gasteiger partial charge in [0.25, 0.3) is 0 Å². The number of nitrogens with zero attached hydrogens (tertiary/aromatic N) is 1. The summed E-state index contributed by atoms with van der Waals surface area (Å²) in [5.74, 6) is 0.294. The molecule has 2 aromatic rings. The van der Waals surface area contributed by atoms with E-state index in [1.165, 1.54) is 7.11 Å². The minimum absolute atomic E-state index is 0.337. The molecule has 0 bridgehead atoms. The molecule has 2 rings (SSSR count). The van der Waals surface area contributed by atoms with Gasteiger partial charge < -0.3 is 20.3 Å². The Labute approximate surface area is 110 Å². The summed E-state index contributed by atoms with van der Waals surface area (Å²) >= 11 is 0. The van der Waals surface area contributed by atoms with Crippen LogP contribution in [0.4, 0.5) is 11.4 Å². The Balaban J connectivity index is 2.10. The summed E-state index contributed by atoms with van der Waals surface area (Å²) in [4.78, 5) is 11.5. The second-order valence-electron chi connectivity index (χ2n) is 4.08. The van der Waals surface area contributed by atoms with Crippen molar-refractivity contribution in [3.63, 3.8) is 0 Å². The van der Waals surface area contributed by atoms with E-state index in [1.807, 2.05) is 13.0 Å². The number of nitrogens with one attached hydrogen (secondary N) is 1. The molecule has 0 unspecified atom stereocenters. The van der Waals surface area contributed by atoms with E-state index in [0.29, 0.717) is 17.8 Å². The van der Waals surface area contributed by atoms with Gasteiger partial charge in [-0.2, -0.15) is 0 Å². The Morgan fingerprint density at radius 3 is 2.89 bits per heavy atom. The molecule has 3 N–H and O–H groups in total.